The maximum absolute atomic E-state index is 13.1. The Kier molecular flexibility index (Phi) is 7.37. The van der Waals surface area contributed by atoms with E-state index < -0.39 is 5.54 Å². The van der Waals surface area contributed by atoms with E-state index in [0.29, 0.717) is 17.9 Å². The molecule has 0 spiro atoms. The number of unbranched alkanes of at least 4 members (excludes halogenated alkanes) is 4. The summed E-state index contributed by atoms with van der Waals surface area (Å²) in [5, 5.41) is 9.90. The summed E-state index contributed by atoms with van der Waals surface area (Å²) in [4.78, 5) is 21.9. The Morgan fingerprint density at radius 2 is 2.00 bits per heavy atom. The number of hydrogen-bond donors (Lipinski definition) is 2. The van der Waals surface area contributed by atoms with Crippen LogP contribution in [-0.2, 0) is 4.79 Å². The summed E-state index contributed by atoms with van der Waals surface area (Å²) in [6.45, 7) is 4.04. The second-order valence-corrected chi connectivity index (χ2v) is 9.36. The number of amides is 1. The summed E-state index contributed by atoms with van der Waals surface area (Å²) >= 11 is 0. The van der Waals surface area contributed by atoms with Crippen LogP contribution in [0, 0.1) is 5.92 Å². The first-order valence-corrected chi connectivity index (χ1v) is 11.5. The average molecular weight is 393 g/mol. The summed E-state index contributed by atoms with van der Waals surface area (Å²) in [6, 6.07) is 0.549. The van der Waals surface area contributed by atoms with Crippen molar-refractivity contribution in [3.63, 3.8) is 0 Å². The molecular formula is C22H40N4O2. The molecule has 0 aromatic carbocycles. The maximum Gasteiger partial charge on any atom is 0.257 e. The van der Waals surface area contributed by atoms with Crippen LogP contribution in [0.25, 0.3) is 0 Å². The number of carbonyl (C=O) groups excluding carboxylic acids is 1. The van der Waals surface area contributed by atoms with E-state index in [2.05, 4.69) is 11.8 Å². The van der Waals surface area contributed by atoms with Gasteiger partial charge in [-0.25, -0.2) is 4.99 Å². The van der Waals surface area contributed by atoms with Crippen LogP contribution in [0.3, 0.4) is 0 Å². The number of nitrogens with zero attached hydrogens (tertiary/aromatic N) is 3. The number of β-amino-alcohol motifs (C(OH)–C–C–N with tert-alkyl or cyclic N) is 1. The van der Waals surface area contributed by atoms with Crippen molar-refractivity contribution < 1.29 is 9.90 Å². The highest BCUT2D eigenvalue weighted by molar-refractivity contribution is 6.06. The molecule has 28 heavy (non-hydrogen) atoms. The number of nitrogens with two attached hydrogens (primary N) is 1. The third-order valence-electron chi connectivity index (χ3n) is 7.16. The molecule has 6 heteroatoms. The molecule has 160 valence electrons. The number of aliphatic imine (C=N–C) groups is 1. The van der Waals surface area contributed by atoms with E-state index in [1.54, 1.807) is 11.9 Å². The van der Waals surface area contributed by atoms with Gasteiger partial charge in [-0.2, -0.15) is 0 Å². The fourth-order valence-corrected chi connectivity index (χ4v) is 5.53. The number of guanidine groups is 1. The highest BCUT2D eigenvalue weighted by Crippen LogP contribution is 2.40. The van der Waals surface area contributed by atoms with Gasteiger partial charge < -0.3 is 10.8 Å². The number of aliphatic hydroxyl groups excluding tert-OH is 1. The van der Waals surface area contributed by atoms with Crippen molar-refractivity contribution in [1.29, 1.82) is 0 Å². The van der Waals surface area contributed by atoms with Gasteiger partial charge in [0.1, 0.15) is 5.54 Å². The number of carbonyl (C=O) groups is 1. The minimum Gasteiger partial charge on any atom is -0.392 e. The predicted octanol–water partition coefficient (Wildman–Crippen LogP) is 2.89. The second-order valence-electron chi connectivity index (χ2n) is 9.36. The summed E-state index contributed by atoms with van der Waals surface area (Å²) < 4.78 is 0. The van der Waals surface area contributed by atoms with Crippen LogP contribution >= 0.6 is 0 Å². The monoisotopic (exact) mass is 392 g/mol. The molecule has 0 aromatic rings. The normalized spacial score (nSPS) is 34.2. The molecule has 6 nitrogen and oxygen atoms in total. The Morgan fingerprint density at radius 3 is 2.64 bits per heavy atom. The van der Waals surface area contributed by atoms with E-state index in [9.17, 15) is 9.90 Å². The van der Waals surface area contributed by atoms with E-state index >= 15 is 0 Å². The molecule has 4 atom stereocenters. The van der Waals surface area contributed by atoms with Crippen LogP contribution in [0.2, 0.25) is 0 Å². The topological polar surface area (TPSA) is 82.2 Å². The first kappa shape index (κ1) is 21.6. The van der Waals surface area contributed by atoms with Crippen LogP contribution in [-0.4, -0.2) is 64.6 Å². The molecule has 0 bridgehead atoms. The van der Waals surface area contributed by atoms with Gasteiger partial charge in [0.25, 0.3) is 5.91 Å². The first-order valence-electron chi connectivity index (χ1n) is 11.5. The van der Waals surface area contributed by atoms with Crippen molar-refractivity contribution in [2.75, 3.05) is 20.1 Å². The lowest BCUT2D eigenvalue weighted by atomic mass is 9.75. The molecule has 1 saturated carbocycles. The lowest BCUT2D eigenvalue weighted by Gasteiger charge is -2.38. The zero-order chi connectivity index (χ0) is 20.1. The van der Waals surface area contributed by atoms with Crippen molar-refractivity contribution >= 4 is 11.9 Å². The number of rotatable bonds is 9. The van der Waals surface area contributed by atoms with Crippen molar-refractivity contribution in [1.82, 2.24) is 9.80 Å². The molecular weight excluding hydrogens is 352 g/mol. The molecule has 3 aliphatic rings. The lowest BCUT2D eigenvalue weighted by molar-refractivity contribution is -0.131. The fourth-order valence-electron chi connectivity index (χ4n) is 5.53. The molecule has 1 saturated heterocycles. The zero-order valence-electron chi connectivity index (χ0n) is 17.9. The number of aliphatic hydroxyl groups is 1. The highest BCUT2D eigenvalue weighted by atomic mass is 16.3. The molecule has 3 N–H and O–H groups in total. The second kappa shape index (κ2) is 9.57. The Hall–Kier alpha value is -1.14. The molecule has 0 radical (unpaired) electrons. The Morgan fingerprint density at radius 1 is 1.21 bits per heavy atom. The van der Waals surface area contributed by atoms with Gasteiger partial charge in [0, 0.05) is 26.2 Å². The molecule has 1 amide bonds. The van der Waals surface area contributed by atoms with Crippen molar-refractivity contribution in [3.8, 4) is 0 Å². The molecule has 1 aliphatic carbocycles. The molecule has 2 heterocycles. The van der Waals surface area contributed by atoms with E-state index in [1.807, 2.05) is 0 Å². The van der Waals surface area contributed by atoms with Gasteiger partial charge in [-0.15, -0.1) is 0 Å². The third kappa shape index (κ3) is 4.88. The molecule has 2 fully saturated rings. The van der Waals surface area contributed by atoms with E-state index in [4.69, 9.17) is 10.7 Å². The first-order chi connectivity index (χ1) is 13.4. The maximum atomic E-state index is 13.1. The summed E-state index contributed by atoms with van der Waals surface area (Å²) in [6.07, 6.45) is 13.0. The molecule has 0 unspecified atom stereocenters. The van der Waals surface area contributed by atoms with Crippen LogP contribution in [0.4, 0.5) is 0 Å². The summed E-state index contributed by atoms with van der Waals surface area (Å²) in [5.74, 6) is 0.993. The Labute approximate surface area is 170 Å². The molecule has 0 aromatic heterocycles. The van der Waals surface area contributed by atoms with Crippen molar-refractivity contribution in [3.05, 3.63) is 0 Å². The average Bonchev–Trinajstić information content (AvgIpc) is 3.20. The third-order valence-corrected chi connectivity index (χ3v) is 7.16. The minimum absolute atomic E-state index is 0.0965. The molecule has 3 rings (SSSR count). The van der Waals surface area contributed by atoms with Crippen molar-refractivity contribution in [2.24, 2.45) is 16.6 Å². The standard InChI is InChI=1S/C22H40N4O2/c1-3-4-5-6-7-12-22(20(28)25(2)21(23)24-22)15-17-9-8-10-18(14-17)26-13-11-19(27)16-26/h17-19,27H,3-16H2,1-2H3,(H2,23,24)/t17-,18+,19-,22+/m0/s1. The van der Waals surface area contributed by atoms with Crippen molar-refractivity contribution in [2.45, 2.75) is 102 Å². The molecule has 2 aliphatic heterocycles. The van der Waals surface area contributed by atoms with Gasteiger partial charge in [0.05, 0.1) is 6.10 Å². The summed E-state index contributed by atoms with van der Waals surface area (Å²) in [5.41, 5.74) is 5.43. The number of likely N-dealkylation sites (tertiary alicyclic amines) is 1. The van der Waals surface area contributed by atoms with Crippen LogP contribution < -0.4 is 5.73 Å². The Bertz CT molecular complexity index is 567. The number of likely N-dealkylation sites (N-methyl/N-ethyl adjacent to an activating group) is 1. The van der Waals surface area contributed by atoms with E-state index in [0.717, 1.165) is 45.2 Å². The van der Waals surface area contributed by atoms with Crippen LogP contribution in [0.15, 0.2) is 4.99 Å². The summed E-state index contributed by atoms with van der Waals surface area (Å²) in [7, 11) is 1.76. The van der Waals surface area contributed by atoms with Crippen LogP contribution in [0.1, 0.15) is 84.0 Å². The van der Waals surface area contributed by atoms with Gasteiger partial charge in [-0.05, 0) is 38.0 Å². The van der Waals surface area contributed by atoms with Crippen LogP contribution in [0.5, 0.6) is 0 Å². The SMILES string of the molecule is CCCCCCC[C@]1(C[C@H]2CCC[C@@H](N3CC[C@H](O)C3)C2)N=C(N)N(C)C1=O. The van der Waals surface area contributed by atoms with Gasteiger partial charge in [0.15, 0.2) is 5.96 Å². The Balaban J connectivity index is 1.63. The number of hydrogen-bond acceptors (Lipinski definition) is 5. The highest BCUT2D eigenvalue weighted by Gasteiger charge is 2.47. The lowest BCUT2D eigenvalue weighted by Crippen LogP contribution is -2.45. The quantitative estimate of drug-likeness (QED) is 0.591. The van der Waals surface area contributed by atoms with E-state index in [1.165, 1.54) is 44.9 Å². The fraction of sp³-hybridized carbons (Fsp3) is 0.909. The van der Waals surface area contributed by atoms with Gasteiger partial charge in [0.2, 0.25) is 0 Å². The van der Waals surface area contributed by atoms with E-state index in [-0.39, 0.29) is 12.0 Å². The predicted molar refractivity (Wildman–Crippen MR) is 113 cm³/mol. The minimum atomic E-state index is -0.637. The zero-order valence-corrected chi connectivity index (χ0v) is 17.9. The largest absolute Gasteiger partial charge is 0.392 e. The van der Waals surface area contributed by atoms with Gasteiger partial charge in [-0.1, -0.05) is 51.9 Å². The van der Waals surface area contributed by atoms with Gasteiger partial charge in [-0.3, -0.25) is 14.6 Å². The smallest absolute Gasteiger partial charge is 0.257 e. The van der Waals surface area contributed by atoms with Gasteiger partial charge >= 0.3 is 0 Å².